The second-order valence-corrected chi connectivity index (χ2v) is 5.49. The third kappa shape index (κ3) is 3.26. The average Bonchev–Trinajstić information content (AvgIpc) is 2.85. The number of rotatable bonds is 5. The van der Waals surface area contributed by atoms with Crippen molar-refractivity contribution in [2.45, 2.75) is 19.9 Å². The molecule has 4 nitrogen and oxygen atoms in total. The normalized spacial score (nSPS) is 10.4. The molecule has 19 heavy (non-hydrogen) atoms. The van der Waals surface area contributed by atoms with E-state index < -0.39 is 5.91 Å². The summed E-state index contributed by atoms with van der Waals surface area (Å²) in [5.41, 5.74) is 12.9. The van der Waals surface area contributed by atoms with Gasteiger partial charge in [-0.2, -0.15) is 0 Å². The van der Waals surface area contributed by atoms with Crippen molar-refractivity contribution in [3.05, 3.63) is 45.6 Å². The fourth-order valence-electron chi connectivity index (χ4n) is 1.77. The van der Waals surface area contributed by atoms with Crippen LogP contribution in [0.15, 0.2) is 30.3 Å². The van der Waals surface area contributed by atoms with Crippen molar-refractivity contribution in [1.82, 2.24) is 0 Å². The first-order valence-electron chi connectivity index (χ1n) is 6.11. The number of benzene rings is 1. The average molecular weight is 275 g/mol. The molecule has 5 heteroatoms. The van der Waals surface area contributed by atoms with Crippen LogP contribution in [-0.2, 0) is 13.0 Å². The second-order valence-electron chi connectivity index (χ2n) is 4.24. The Morgan fingerprint density at radius 3 is 2.58 bits per heavy atom. The smallest absolute Gasteiger partial charge is 0.248 e. The molecule has 0 saturated heterocycles. The molecule has 100 valence electrons. The largest absolute Gasteiger partial charge is 0.397 e. The van der Waals surface area contributed by atoms with Gasteiger partial charge in [-0.1, -0.05) is 6.92 Å². The summed E-state index contributed by atoms with van der Waals surface area (Å²) in [6.07, 6.45) is 1.06. The zero-order valence-electron chi connectivity index (χ0n) is 10.8. The van der Waals surface area contributed by atoms with E-state index in [9.17, 15) is 4.79 Å². The number of aryl methyl sites for hydroxylation is 1. The summed E-state index contributed by atoms with van der Waals surface area (Å²) in [5, 5.41) is 3.27. The minimum absolute atomic E-state index is 0.424. The van der Waals surface area contributed by atoms with Crippen LogP contribution in [0.1, 0.15) is 27.0 Å². The van der Waals surface area contributed by atoms with E-state index in [1.165, 1.54) is 9.75 Å². The van der Waals surface area contributed by atoms with Crippen LogP contribution in [0.3, 0.4) is 0 Å². The number of carbonyl (C=O) groups is 1. The van der Waals surface area contributed by atoms with Crippen molar-refractivity contribution in [3.63, 3.8) is 0 Å². The number of nitrogens with two attached hydrogens (primary N) is 2. The molecule has 0 saturated carbocycles. The third-order valence-corrected chi connectivity index (χ3v) is 4.08. The highest BCUT2D eigenvalue weighted by Crippen LogP contribution is 2.22. The van der Waals surface area contributed by atoms with Gasteiger partial charge < -0.3 is 16.8 Å². The summed E-state index contributed by atoms with van der Waals surface area (Å²) >= 11 is 1.79. The van der Waals surface area contributed by atoms with Gasteiger partial charge >= 0.3 is 0 Å². The Hall–Kier alpha value is -2.01. The fraction of sp³-hybridized carbons (Fsp3) is 0.214. The molecule has 0 unspecified atom stereocenters. The molecular formula is C14H17N3OS. The molecule has 0 spiro atoms. The van der Waals surface area contributed by atoms with E-state index in [0.717, 1.165) is 18.7 Å². The van der Waals surface area contributed by atoms with E-state index in [2.05, 4.69) is 24.4 Å². The first-order valence-corrected chi connectivity index (χ1v) is 6.92. The van der Waals surface area contributed by atoms with Gasteiger partial charge in [0.2, 0.25) is 5.91 Å². The monoisotopic (exact) mass is 275 g/mol. The number of carbonyl (C=O) groups excluding carboxylic acids is 1. The molecule has 1 aromatic carbocycles. The van der Waals surface area contributed by atoms with Crippen molar-refractivity contribution in [2.24, 2.45) is 5.73 Å². The van der Waals surface area contributed by atoms with E-state index in [-0.39, 0.29) is 0 Å². The minimum atomic E-state index is -0.468. The molecular weight excluding hydrogens is 258 g/mol. The Morgan fingerprint density at radius 1 is 1.26 bits per heavy atom. The highest BCUT2D eigenvalue weighted by Gasteiger charge is 2.05. The number of amides is 1. The Morgan fingerprint density at radius 2 is 2.00 bits per heavy atom. The van der Waals surface area contributed by atoms with Gasteiger partial charge in [0.15, 0.2) is 0 Å². The van der Waals surface area contributed by atoms with E-state index in [1.807, 2.05) is 0 Å². The van der Waals surface area contributed by atoms with E-state index in [4.69, 9.17) is 11.5 Å². The van der Waals surface area contributed by atoms with E-state index >= 15 is 0 Å². The predicted octanol–water partition coefficient (Wildman–Crippen LogP) is 2.60. The van der Waals surface area contributed by atoms with Crippen LogP contribution in [0.2, 0.25) is 0 Å². The summed E-state index contributed by atoms with van der Waals surface area (Å²) in [7, 11) is 0. The summed E-state index contributed by atoms with van der Waals surface area (Å²) < 4.78 is 0. The number of nitrogens with one attached hydrogen (secondary N) is 1. The van der Waals surface area contributed by atoms with E-state index in [0.29, 0.717) is 11.3 Å². The Balaban J connectivity index is 2.05. The topological polar surface area (TPSA) is 81.1 Å². The van der Waals surface area contributed by atoms with Crippen LogP contribution in [0.4, 0.5) is 11.4 Å². The Labute approximate surface area is 116 Å². The SMILES string of the molecule is CCc1ccc(CNc2ccc(C(N)=O)cc2N)s1. The molecule has 0 bridgehead atoms. The highest BCUT2D eigenvalue weighted by molar-refractivity contribution is 7.12. The van der Waals surface area contributed by atoms with Crippen molar-refractivity contribution < 1.29 is 4.79 Å². The zero-order chi connectivity index (χ0) is 13.8. The molecule has 2 rings (SSSR count). The summed E-state index contributed by atoms with van der Waals surface area (Å²) in [6.45, 7) is 2.87. The van der Waals surface area contributed by atoms with Gasteiger partial charge in [0.25, 0.3) is 0 Å². The maximum Gasteiger partial charge on any atom is 0.248 e. The molecule has 0 aliphatic heterocycles. The molecule has 1 heterocycles. The first-order chi connectivity index (χ1) is 9.10. The standard InChI is InChI=1S/C14H17N3OS/c1-2-10-4-5-11(19-10)8-17-13-6-3-9(14(16)18)7-12(13)15/h3-7,17H,2,8,15H2,1H3,(H2,16,18). The molecule has 1 aromatic heterocycles. The first kappa shape index (κ1) is 13.4. The number of hydrogen-bond donors (Lipinski definition) is 3. The van der Waals surface area contributed by atoms with Crippen LogP contribution >= 0.6 is 11.3 Å². The summed E-state index contributed by atoms with van der Waals surface area (Å²) in [5.74, 6) is -0.468. The Bertz CT molecular complexity index is 592. The zero-order valence-corrected chi connectivity index (χ0v) is 11.6. The highest BCUT2D eigenvalue weighted by atomic mass is 32.1. The number of primary amides is 1. The molecule has 0 atom stereocenters. The second kappa shape index (κ2) is 5.75. The molecule has 0 aliphatic rings. The van der Waals surface area contributed by atoms with Gasteiger partial charge in [-0.3, -0.25) is 4.79 Å². The molecule has 5 N–H and O–H groups in total. The van der Waals surface area contributed by atoms with Gasteiger partial charge in [-0.25, -0.2) is 0 Å². The minimum Gasteiger partial charge on any atom is -0.397 e. The van der Waals surface area contributed by atoms with Crippen LogP contribution in [-0.4, -0.2) is 5.91 Å². The Kier molecular flexibility index (Phi) is 4.06. The van der Waals surface area contributed by atoms with E-state index in [1.54, 1.807) is 29.5 Å². The van der Waals surface area contributed by atoms with Gasteiger partial charge in [-0.05, 0) is 36.8 Å². The lowest BCUT2D eigenvalue weighted by Crippen LogP contribution is -2.11. The quantitative estimate of drug-likeness (QED) is 0.734. The maximum absolute atomic E-state index is 11.0. The third-order valence-electron chi connectivity index (χ3n) is 2.85. The maximum atomic E-state index is 11.0. The van der Waals surface area contributed by atoms with Gasteiger partial charge in [0.05, 0.1) is 11.4 Å². The number of nitrogen functional groups attached to an aromatic ring is 1. The van der Waals surface area contributed by atoms with Crippen molar-refractivity contribution in [1.29, 1.82) is 0 Å². The summed E-state index contributed by atoms with van der Waals surface area (Å²) in [4.78, 5) is 13.7. The fourth-order valence-corrected chi connectivity index (χ4v) is 2.66. The molecule has 0 fully saturated rings. The number of anilines is 2. The van der Waals surface area contributed by atoms with Crippen molar-refractivity contribution in [3.8, 4) is 0 Å². The lowest BCUT2D eigenvalue weighted by Gasteiger charge is -2.09. The van der Waals surface area contributed by atoms with Crippen molar-refractivity contribution in [2.75, 3.05) is 11.1 Å². The summed E-state index contributed by atoms with van der Waals surface area (Å²) in [6, 6.07) is 9.30. The predicted molar refractivity (Wildman–Crippen MR) is 80.4 cm³/mol. The van der Waals surface area contributed by atoms with Gasteiger partial charge in [0.1, 0.15) is 0 Å². The van der Waals surface area contributed by atoms with Crippen molar-refractivity contribution >= 4 is 28.6 Å². The molecule has 1 amide bonds. The number of thiophene rings is 1. The molecule has 2 aromatic rings. The lowest BCUT2D eigenvalue weighted by molar-refractivity contribution is 0.100. The van der Waals surface area contributed by atoms with Crippen LogP contribution in [0.25, 0.3) is 0 Å². The lowest BCUT2D eigenvalue weighted by atomic mass is 10.1. The number of hydrogen-bond acceptors (Lipinski definition) is 4. The van der Waals surface area contributed by atoms with Gasteiger partial charge in [-0.15, -0.1) is 11.3 Å². The van der Waals surface area contributed by atoms with Crippen LogP contribution in [0, 0.1) is 0 Å². The molecule has 0 aliphatic carbocycles. The molecule has 0 radical (unpaired) electrons. The van der Waals surface area contributed by atoms with Crippen LogP contribution in [0.5, 0.6) is 0 Å². The van der Waals surface area contributed by atoms with Gasteiger partial charge in [0, 0.05) is 21.9 Å². The van der Waals surface area contributed by atoms with Crippen LogP contribution < -0.4 is 16.8 Å².